The number of tetrazole rings is 1. The maximum Gasteiger partial charge on any atom is 0.217 e. The summed E-state index contributed by atoms with van der Waals surface area (Å²) in [5.41, 5.74) is 2.78. The summed E-state index contributed by atoms with van der Waals surface area (Å²) in [6, 6.07) is 11.2. The van der Waals surface area contributed by atoms with Gasteiger partial charge in [-0.1, -0.05) is 0 Å². The predicted octanol–water partition coefficient (Wildman–Crippen LogP) is 2.34. The molecule has 0 bridgehead atoms. The smallest absolute Gasteiger partial charge is 0.217 e. The molecule has 0 N–H and O–H groups in total. The van der Waals surface area contributed by atoms with E-state index < -0.39 is 5.82 Å². The summed E-state index contributed by atoms with van der Waals surface area (Å²) in [5, 5.41) is 20.4. The van der Waals surface area contributed by atoms with Gasteiger partial charge in [0.05, 0.1) is 29.2 Å². The second kappa shape index (κ2) is 8.39. The Labute approximate surface area is 186 Å². The van der Waals surface area contributed by atoms with Crippen LogP contribution in [0.4, 0.5) is 4.39 Å². The first-order chi connectivity index (χ1) is 16.1. The largest absolute Gasteiger partial charge is 0.473 e. The van der Waals surface area contributed by atoms with Gasteiger partial charge in [-0.2, -0.15) is 5.26 Å². The number of nitrogens with zero attached hydrogens (tertiary/aromatic N) is 10. The van der Waals surface area contributed by atoms with Crippen LogP contribution in [0, 0.1) is 17.1 Å². The van der Waals surface area contributed by atoms with Gasteiger partial charge in [-0.05, 0) is 47.7 Å². The van der Waals surface area contributed by atoms with E-state index in [1.54, 1.807) is 27.4 Å². The highest BCUT2D eigenvalue weighted by atomic mass is 19.1. The normalized spacial score (nSPS) is 11.9. The van der Waals surface area contributed by atoms with Gasteiger partial charge in [0.15, 0.2) is 5.65 Å². The van der Waals surface area contributed by atoms with E-state index in [1.165, 1.54) is 37.2 Å². The third kappa shape index (κ3) is 4.07. The van der Waals surface area contributed by atoms with Crippen LogP contribution in [0.2, 0.25) is 0 Å². The fraction of sp³-hybridized carbons (Fsp3) is 0.143. The summed E-state index contributed by atoms with van der Waals surface area (Å²) in [6.45, 7) is 2.32. The first-order valence-electron chi connectivity index (χ1n) is 9.84. The molecular formula is C21H15FN10O. The van der Waals surface area contributed by atoms with Gasteiger partial charge in [-0.25, -0.2) is 29.0 Å². The summed E-state index contributed by atoms with van der Waals surface area (Å²) in [7, 11) is 0. The fourth-order valence-electron chi connectivity index (χ4n) is 3.33. The maximum absolute atomic E-state index is 13.9. The molecule has 0 amide bonds. The third-order valence-corrected chi connectivity index (χ3v) is 4.80. The lowest BCUT2D eigenvalue weighted by Gasteiger charge is -2.13. The molecule has 0 radical (unpaired) electrons. The van der Waals surface area contributed by atoms with Gasteiger partial charge in [0.25, 0.3) is 0 Å². The van der Waals surface area contributed by atoms with Crippen molar-refractivity contribution in [3.05, 3.63) is 66.8 Å². The van der Waals surface area contributed by atoms with Crippen molar-refractivity contribution in [1.29, 1.82) is 5.26 Å². The molecule has 1 aromatic carbocycles. The Kier molecular flexibility index (Phi) is 5.12. The topological polar surface area (TPSA) is 133 Å². The number of nitriles is 1. The quantitative estimate of drug-likeness (QED) is 0.388. The lowest BCUT2D eigenvalue weighted by Crippen LogP contribution is -2.20. The van der Waals surface area contributed by atoms with Crippen molar-refractivity contribution in [3.63, 3.8) is 0 Å². The zero-order valence-electron chi connectivity index (χ0n) is 17.2. The molecule has 0 spiro atoms. The Bertz CT molecular complexity index is 1470. The molecule has 1 unspecified atom stereocenters. The van der Waals surface area contributed by atoms with Crippen LogP contribution in [-0.4, -0.2) is 50.8 Å². The average molecular weight is 442 g/mol. The van der Waals surface area contributed by atoms with E-state index in [2.05, 4.69) is 41.5 Å². The van der Waals surface area contributed by atoms with E-state index in [-0.39, 0.29) is 6.10 Å². The van der Waals surface area contributed by atoms with Gasteiger partial charge in [0, 0.05) is 6.07 Å². The van der Waals surface area contributed by atoms with Crippen LogP contribution in [0.15, 0.2) is 55.4 Å². The zero-order valence-corrected chi connectivity index (χ0v) is 17.2. The van der Waals surface area contributed by atoms with Crippen LogP contribution in [-0.2, 0) is 6.54 Å². The van der Waals surface area contributed by atoms with E-state index in [4.69, 9.17) is 4.74 Å². The van der Waals surface area contributed by atoms with Gasteiger partial charge >= 0.3 is 0 Å². The molecule has 162 valence electrons. The highest BCUT2D eigenvalue weighted by Crippen LogP contribution is 2.25. The SMILES string of the molecule is CC(Cn1cnnn1)Oc1cc(-c2ccc3ncn(-c4cc(F)ccc4C#N)c3n2)ncn1. The summed E-state index contributed by atoms with van der Waals surface area (Å²) in [6.07, 6.45) is 4.15. The molecule has 4 aromatic heterocycles. The lowest BCUT2D eigenvalue weighted by molar-refractivity contribution is 0.185. The Hall–Kier alpha value is -4.79. The number of hydrogen-bond donors (Lipinski definition) is 0. The van der Waals surface area contributed by atoms with E-state index >= 15 is 0 Å². The Morgan fingerprint density at radius 1 is 1.09 bits per heavy atom. The number of rotatable bonds is 6. The van der Waals surface area contributed by atoms with Crippen molar-refractivity contribution < 1.29 is 9.13 Å². The van der Waals surface area contributed by atoms with Crippen LogP contribution in [0.1, 0.15) is 12.5 Å². The van der Waals surface area contributed by atoms with Crippen LogP contribution in [0.25, 0.3) is 28.2 Å². The van der Waals surface area contributed by atoms with Crippen LogP contribution in [0.3, 0.4) is 0 Å². The Morgan fingerprint density at radius 2 is 2.00 bits per heavy atom. The molecule has 0 saturated carbocycles. The summed E-state index contributed by atoms with van der Waals surface area (Å²) in [5.74, 6) is -0.0942. The van der Waals surface area contributed by atoms with Crippen molar-refractivity contribution in [3.8, 4) is 29.0 Å². The number of benzene rings is 1. The lowest BCUT2D eigenvalue weighted by atomic mass is 10.2. The van der Waals surface area contributed by atoms with Gasteiger partial charge in [-0.15, -0.1) is 5.10 Å². The molecule has 12 heteroatoms. The molecule has 1 atom stereocenters. The van der Waals surface area contributed by atoms with Crippen LogP contribution in [0.5, 0.6) is 5.88 Å². The monoisotopic (exact) mass is 442 g/mol. The molecule has 0 aliphatic heterocycles. The third-order valence-electron chi connectivity index (χ3n) is 4.80. The minimum absolute atomic E-state index is 0.245. The number of ether oxygens (including phenoxy) is 1. The standard InChI is InChI=1S/C21H15FN10O/c1-13(9-31-12-27-29-30-31)33-20-7-18(24-10-25-20)16-4-5-17-21(28-16)32(11-26-17)19-6-15(22)3-2-14(19)8-23/h2-7,10-13H,9H2,1H3. The molecule has 11 nitrogen and oxygen atoms in total. The van der Waals surface area contributed by atoms with Crippen molar-refractivity contribution >= 4 is 11.2 Å². The maximum atomic E-state index is 13.9. The van der Waals surface area contributed by atoms with Crippen molar-refractivity contribution in [2.75, 3.05) is 0 Å². The number of hydrogen-bond acceptors (Lipinski definition) is 9. The van der Waals surface area contributed by atoms with E-state index in [0.29, 0.717) is 46.2 Å². The predicted molar refractivity (Wildman–Crippen MR) is 112 cm³/mol. The molecule has 0 aliphatic rings. The van der Waals surface area contributed by atoms with Gasteiger partial charge in [0.1, 0.15) is 42.5 Å². The molecule has 0 fully saturated rings. The Balaban J connectivity index is 1.48. The van der Waals surface area contributed by atoms with Crippen molar-refractivity contribution in [2.24, 2.45) is 0 Å². The number of halogens is 1. The molecular weight excluding hydrogens is 427 g/mol. The van der Waals surface area contributed by atoms with E-state index in [0.717, 1.165) is 0 Å². The first-order valence-corrected chi connectivity index (χ1v) is 9.84. The van der Waals surface area contributed by atoms with Gasteiger partial charge in [-0.3, -0.25) is 4.57 Å². The van der Waals surface area contributed by atoms with E-state index in [1.807, 2.05) is 6.92 Å². The number of pyridine rings is 1. The Morgan fingerprint density at radius 3 is 2.82 bits per heavy atom. The minimum atomic E-state index is -0.463. The zero-order chi connectivity index (χ0) is 22.8. The molecule has 0 aliphatic carbocycles. The fourth-order valence-corrected chi connectivity index (χ4v) is 3.33. The molecule has 33 heavy (non-hydrogen) atoms. The summed E-state index contributed by atoms with van der Waals surface area (Å²) < 4.78 is 22.9. The number of aromatic nitrogens is 9. The summed E-state index contributed by atoms with van der Waals surface area (Å²) >= 11 is 0. The highest BCUT2D eigenvalue weighted by Gasteiger charge is 2.14. The average Bonchev–Trinajstić information content (AvgIpc) is 3.48. The molecule has 5 aromatic rings. The van der Waals surface area contributed by atoms with Crippen molar-refractivity contribution in [1.82, 2.24) is 44.7 Å². The number of imidazole rings is 1. The second-order valence-corrected chi connectivity index (χ2v) is 7.13. The second-order valence-electron chi connectivity index (χ2n) is 7.13. The molecule has 0 saturated heterocycles. The molecule has 4 heterocycles. The van der Waals surface area contributed by atoms with Gasteiger partial charge in [0.2, 0.25) is 5.88 Å². The minimum Gasteiger partial charge on any atom is -0.473 e. The van der Waals surface area contributed by atoms with Crippen molar-refractivity contribution in [2.45, 2.75) is 19.6 Å². The first kappa shape index (κ1) is 20.1. The summed E-state index contributed by atoms with van der Waals surface area (Å²) in [4.78, 5) is 17.4. The van der Waals surface area contributed by atoms with E-state index in [9.17, 15) is 9.65 Å². The number of fused-ring (bicyclic) bond motifs is 1. The highest BCUT2D eigenvalue weighted by molar-refractivity contribution is 5.77. The van der Waals surface area contributed by atoms with Crippen LogP contribution < -0.4 is 4.74 Å². The molecule has 5 rings (SSSR count). The van der Waals surface area contributed by atoms with Gasteiger partial charge < -0.3 is 4.74 Å². The van der Waals surface area contributed by atoms with Crippen LogP contribution >= 0.6 is 0 Å².